The van der Waals surface area contributed by atoms with E-state index in [0.717, 1.165) is 37.5 Å². The first-order valence-electron chi connectivity index (χ1n) is 11.1. The summed E-state index contributed by atoms with van der Waals surface area (Å²) >= 11 is 0. The minimum atomic E-state index is -0.0207. The van der Waals surface area contributed by atoms with Crippen LogP contribution < -0.4 is 11.2 Å². The third kappa shape index (κ3) is 2.73. The molecule has 4 aliphatic rings. The number of hydroxylamine groups is 1. The second-order valence-electron chi connectivity index (χ2n) is 10.7. The van der Waals surface area contributed by atoms with Crippen molar-refractivity contribution in [2.75, 3.05) is 13.2 Å². The normalized spacial score (nSPS) is 45.5. The number of rotatable bonds is 4. The fraction of sp³-hybridized carbons (Fsp3) is 0.870. The number of nitrogens with one attached hydrogen (secondary N) is 1. The zero-order valence-corrected chi connectivity index (χ0v) is 17.6. The molecule has 6 atom stereocenters. The third-order valence-corrected chi connectivity index (χ3v) is 9.29. The number of hydrogen-bond acceptors (Lipinski definition) is 4. The van der Waals surface area contributed by atoms with Gasteiger partial charge in [0.1, 0.15) is 5.78 Å². The molecule has 0 spiro atoms. The van der Waals surface area contributed by atoms with Crippen molar-refractivity contribution in [2.45, 2.75) is 72.6 Å². The standard InChI is InChI=1S/C23H38N2O2/c1-21(2)18-7-5-15-16-6-8-20(26)23(16,4)11-9-17(15)22(18,3)12-10-19(21)25-27-14-13-24/h10,15-18,25H,5-9,11-14,24H2,1-4H3/t15-,16-,17-,18?,22+,23-/m0/s1. The lowest BCUT2D eigenvalue weighted by Gasteiger charge is -2.62. The number of allylic oxidation sites excluding steroid dienone is 2. The van der Waals surface area contributed by atoms with Gasteiger partial charge in [-0.15, -0.1) is 0 Å². The zero-order valence-electron chi connectivity index (χ0n) is 17.6. The van der Waals surface area contributed by atoms with Gasteiger partial charge in [0.25, 0.3) is 0 Å². The summed E-state index contributed by atoms with van der Waals surface area (Å²) in [6.45, 7) is 10.7. The Morgan fingerprint density at radius 1 is 1.15 bits per heavy atom. The van der Waals surface area contributed by atoms with Crippen LogP contribution in [0.3, 0.4) is 0 Å². The van der Waals surface area contributed by atoms with E-state index in [1.54, 1.807) is 0 Å². The molecule has 0 radical (unpaired) electrons. The highest BCUT2D eigenvalue weighted by Crippen LogP contribution is 2.67. The first-order chi connectivity index (χ1) is 12.7. The van der Waals surface area contributed by atoms with Gasteiger partial charge in [-0.3, -0.25) is 15.1 Å². The van der Waals surface area contributed by atoms with Crippen molar-refractivity contribution in [1.82, 2.24) is 5.48 Å². The van der Waals surface area contributed by atoms with Gasteiger partial charge in [-0.05, 0) is 67.6 Å². The average molecular weight is 375 g/mol. The Morgan fingerprint density at radius 2 is 1.93 bits per heavy atom. The van der Waals surface area contributed by atoms with Crippen molar-refractivity contribution in [2.24, 2.45) is 45.7 Å². The monoisotopic (exact) mass is 374 g/mol. The van der Waals surface area contributed by atoms with Crippen LogP contribution >= 0.6 is 0 Å². The van der Waals surface area contributed by atoms with Gasteiger partial charge in [0, 0.05) is 29.5 Å². The maximum absolute atomic E-state index is 12.6. The average Bonchev–Trinajstić information content (AvgIpc) is 2.92. The Hall–Kier alpha value is -0.870. The first-order valence-corrected chi connectivity index (χ1v) is 11.1. The predicted octanol–water partition coefficient (Wildman–Crippen LogP) is 4.21. The molecule has 1 unspecified atom stereocenters. The number of nitrogens with two attached hydrogens (primary N) is 1. The lowest BCUT2D eigenvalue weighted by molar-refractivity contribution is -0.142. The molecule has 3 fully saturated rings. The fourth-order valence-electron chi connectivity index (χ4n) is 7.84. The molecular formula is C23H38N2O2. The van der Waals surface area contributed by atoms with Crippen LogP contribution in [0.4, 0.5) is 0 Å². The summed E-state index contributed by atoms with van der Waals surface area (Å²) in [7, 11) is 0. The van der Waals surface area contributed by atoms with E-state index < -0.39 is 0 Å². The van der Waals surface area contributed by atoms with Crippen molar-refractivity contribution in [3.05, 3.63) is 11.8 Å². The molecule has 0 aliphatic heterocycles. The van der Waals surface area contributed by atoms with Gasteiger partial charge in [-0.25, -0.2) is 0 Å². The Bertz CT molecular complexity index is 642. The minimum absolute atomic E-state index is 0.0207. The summed E-state index contributed by atoms with van der Waals surface area (Å²) in [6.07, 6.45) is 10.4. The zero-order chi connectivity index (χ0) is 19.4. The molecule has 4 rings (SSSR count). The van der Waals surface area contributed by atoms with Crippen molar-refractivity contribution >= 4 is 5.78 Å². The Morgan fingerprint density at radius 3 is 2.67 bits per heavy atom. The second-order valence-corrected chi connectivity index (χ2v) is 10.7. The van der Waals surface area contributed by atoms with Crippen molar-refractivity contribution < 1.29 is 9.63 Å². The molecule has 0 amide bonds. The van der Waals surface area contributed by atoms with Gasteiger partial charge in [0.15, 0.2) is 0 Å². The summed E-state index contributed by atoms with van der Waals surface area (Å²) in [5, 5.41) is 0. The summed E-state index contributed by atoms with van der Waals surface area (Å²) in [5.74, 6) is 3.32. The largest absolute Gasteiger partial charge is 0.328 e. The fourth-order valence-corrected chi connectivity index (χ4v) is 7.84. The molecule has 0 aromatic heterocycles. The summed E-state index contributed by atoms with van der Waals surface area (Å²) in [6, 6.07) is 0. The van der Waals surface area contributed by atoms with Crippen LogP contribution in [0.25, 0.3) is 0 Å². The van der Waals surface area contributed by atoms with Crippen LogP contribution in [0.15, 0.2) is 11.8 Å². The molecule has 0 heterocycles. The minimum Gasteiger partial charge on any atom is -0.328 e. The number of carbonyl (C=O) groups is 1. The van der Waals surface area contributed by atoms with E-state index >= 15 is 0 Å². The van der Waals surface area contributed by atoms with Crippen LogP contribution in [-0.2, 0) is 9.63 Å². The molecule has 3 saturated carbocycles. The van der Waals surface area contributed by atoms with Crippen LogP contribution in [0, 0.1) is 39.9 Å². The molecule has 3 N–H and O–H groups in total. The molecule has 0 aromatic rings. The van der Waals surface area contributed by atoms with Gasteiger partial charge >= 0.3 is 0 Å². The maximum Gasteiger partial charge on any atom is 0.139 e. The number of hydrogen-bond donors (Lipinski definition) is 2. The van der Waals surface area contributed by atoms with Gasteiger partial charge in [0.2, 0.25) is 0 Å². The van der Waals surface area contributed by atoms with Gasteiger partial charge < -0.3 is 5.73 Å². The maximum atomic E-state index is 12.6. The highest BCUT2D eigenvalue weighted by Gasteiger charge is 2.62. The van der Waals surface area contributed by atoms with Crippen LogP contribution in [0.5, 0.6) is 0 Å². The van der Waals surface area contributed by atoms with E-state index in [1.807, 2.05) is 0 Å². The van der Waals surface area contributed by atoms with E-state index in [-0.39, 0.29) is 10.8 Å². The van der Waals surface area contributed by atoms with Gasteiger partial charge in [0.05, 0.1) is 6.61 Å². The van der Waals surface area contributed by atoms with Crippen molar-refractivity contribution in [1.29, 1.82) is 0 Å². The SMILES string of the molecule is CC1(C)C(NOCCN)=CC[C@@]2(C)C1CC[C@@H]1[C@@H]2CC[C@]2(C)C(=O)CC[C@@H]12. The smallest absolute Gasteiger partial charge is 0.139 e. The number of ketones is 1. The highest BCUT2D eigenvalue weighted by molar-refractivity contribution is 5.87. The van der Waals surface area contributed by atoms with Crippen molar-refractivity contribution in [3.63, 3.8) is 0 Å². The molecule has 0 bridgehead atoms. The molecule has 4 heteroatoms. The molecule has 0 aromatic carbocycles. The molecule has 0 saturated heterocycles. The van der Waals surface area contributed by atoms with Crippen LogP contribution in [0.2, 0.25) is 0 Å². The topological polar surface area (TPSA) is 64.3 Å². The third-order valence-electron chi connectivity index (χ3n) is 9.29. The molecular weight excluding hydrogens is 336 g/mol. The second kappa shape index (κ2) is 6.59. The van der Waals surface area contributed by atoms with E-state index in [0.29, 0.717) is 36.2 Å². The number of Topliss-reactive ketones (excluding diaryl/α,β-unsaturated/α-hetero) is 1. The summed E-state index contributed by atoms with van der Waals surface area (Å²) < 4.78 is 0. The van der Waals surface area contributed by atoms with E-state index in [2.05, 4.69) is 39.3 Å². The van der Waals surface area contributed by atoms with Gasteiger partial charge in [-0.1, -0.05) is 33.8 Å². The number of carbonyl (C=O) groups excluding carboxylic acids is 1. The lowest BCUT2D eigenvalue weighted by Crippen LogP contribution is -2.57. The predicted molar refractivity (Wildman–Crippen MR) is 108 cm³/mol. The first kappa shape index (κ1) is 19.4. The summed E-state index contributed by atoms with van der Waals surface area (Å²) in [4.78, 5) is 18.2. The van der Waals surface area contributed by atoms with Gasteiger partial charge in [-0.2, -0.15) is 0 Å². The Balaban J connectivity index is 1.60. The molecule has 4 aliphatic carbocycles. The number of fused-ring (bicyclic) bond motifs is 5. The quantitative estimate of drug-likeness (QED) is 0.571. The van der Waals surface area contributed by atoms with E-state index in [9.17, 15) is 4.79 Å². The van der Waals surface area contributed by atoms with Crippen LogP contribution in [-0.4, -0.2) is 18.9 Å². The highest BCUT2D eigenvalue weighted by atomic mass is 16.6. The van der Waals surface area contributed by atoms with E-state index in [1.165, 1.54) is 25.0 Å². The van der Waals surface area contributed by atoms with Crippen molar-refractivity contribution in [3.8, 4) is 0 Å². The van der Waals surface area contributed by atoms with E-state index in [4.69, 9.17) is 10.6 Å². The summed E-state index contributed by atoms with van der Waals surface area (Å²) in [5.41, 5.74) is 10.4. The molecule has 152 valence electrons. The Kier molecular flexibility index (Phi) is 4.74. The van der Waals surface area contributed by atoms with Crippen LogP contribution in [0.1, 0.15) is 72.6 Å². The molecule has 27 heavy (non-hydrogen) atoms. The molecule has 4 nitrogen and oxygen atoms in total. The lowest BCUT2D eigenvalue weighted by atomic mass is 9.42. The Labute approximate surface area is 164 Å².